The van der Waals surface area contributed by atoms with Crippen LogP contribution in [0.15, 0.2) is 12.1 Å². The molecule has 1 aromatic carbocycles. The molecule has 2 atom stereocenters. The van der Waals surface area contributed by atoms with Crippen LogP contribution in [0, 0.1) is 11.8 Å². The van der Waals surface area contributed by atoms with Gasteiger partial charge in [-0.2, -0.15) is 0 Å². The molecule has 3 rings (SSSR count). The summed E-state index contributed by atoms with van der Waals surface area (Å²) < 4.78 is 5.69. The summed E-state index contributed by atoms with van der Waals surface area (Å²) >= 11 is 6.15. The van der Waals surface area contributed by atoms with Crippen LogP contribution < -0.4 is 4.74 Å². The Kier molecular flexibility index (Phi) is 3.61. The predicted molar refractivity (Wildman–Crippen MR) is 76.2 cm³/mol. The van der Waals surface area contributed by atoms with Crippen molar-refractivity contribution in [3.05, 3.63) is 28.3 Å². The summed E-state index contributed by atoms with van der Waals surface area (Å²) in [4.78, 5) is 13.4. The Bertz CT molecular complexity index is 546. The van der Waals surface area contributed by atoms with Crippen molar-refractivity contribution in [3.8, 4) is 5.75 Å². The van der Waals surface area contributed by atoms with Crippen molar-refractivity contribution in [3.63, 3.8) is 0 Å². The average molecular weight is 296 g/mol. The topological polar surface area (TPSA) is 49.8 Å². The highest BCUT2D eigenvalue weighted by Gasteiger charge is 2.35. The first-order chi connectivity index (χ1) is 9.54. The zero-order valence-corrected chi connectivity index (χ0v) is 12.2. The Morgan fingerprint density at radius 2 is 2.30 bits per heavy atom. The molecular formula is C15H18ClNO3. The molecule has 0 unspecified atom stereocenters. The summed E-state index contributed by atoms with van der Waals surface area (Å²) in [6, 6.07) is 3.89. The van der Waals surface area contributed by atoms with E-state index in [-0.39, 0.29) is 11.8 Å². The Morgan fingerprint density at radius 3 is 3.00 bits per heavy atom. The summed E-state index contributed by atoms with van der Waals surface area (Å²) in [7, 11) is 0. The first kappa shape index (κ1) is 13.7. The molecule has 0 saturated carbocycles. The molecule has 0 spiro atoms. The highest BCUT2D eigenvalue weighted by molar-refractivity contribution is 6.30. The average Bonchev–Trinajstić information content (AvgIpc) is 2.95. The van der Waals surface area contributed by atoms with Gasteiger partial charge in [-0.1, -0.05) is 18.5 Å². The Hall–Kier alpha value is -1.26. The van der Waals surface area contributed by atoms with Gasteiger partial charge in [-0.3, -0.25) is 9.69 Å². The second-order valence-corrected chi connectivity index (χ2v) is 6.20. The van der Waals surface area contributed by atoms with Gasteiger partial charge in [0.1, 0.15) is 5.75 Å². The van der Waals surface area contributed by atoms with Crippen LogP contribution in [0.2, 0.25) is 5.02 Å². The smallest absolute Gasteiger partial charge is 0.308 e. The Morgan fingerprint density at radius 1 is 1.50 bits per heavy atom. The molecule has 0 aliphatic carbocycles. The van der Waals surface area contributed by atoms with Crippen LogP contribution in [0.25, 0.3) is 0 Å². The van der Waals surface area contributed by atoms with Crippen LogP contribution in [0.3, 0.4) is 0 Å². The SMILES string of the molecule is C[C@@H]1CN(Cc2cc(Cl)cc3c2OCC3)C[C@H]1C(=O)O. The van der Waals surface area contributed by atoms with E-state index in [0.29, 0.717) is 19.7 Å². The van der Waals surface area contributed by atoms with Crippen molar-refractivity contribution >= 4 is 17.6 Å². The number of hydrogen-bond donors (Lipinski definition) is 1. The van der Waals surface area contributed by atoms with E-state index >= 15 is 0 Å². The fourth-order valence-corrected chi connectivity index (χ4v) is 3.49. The van der Waals surface area contributed by atoms with E-state index in [1.807, 2.05) is 19.1 Å². The minimum absolute atomic E-state index is 0.181. The lowest BCUT2D eigenvalue weighted by Crippen LogP contribution is -2.23. The molecule has 1 fully saturated rings. The predicted octanol–water partition coefficient (Wildman–Crippen LogP) is 2.43. The Balaban J connectivity index is 1.78. The van der Waals surface area contributed by atoms with E-state index in [4.69, 9.17) is 16.3 Å². The summed E-state index contributed by atoms with van der Waals surface area (Å²) in [6.07, 6.45) is 0.900. The number of fused-ring (bicyclic) bond motifs is 1. The van der Waals surface area contributed by atoms with Gasteiger partial charge in [0.25, 0.3) is 0 Å². The van der Waals surface area contributed by atoms with Gasteiger partial charge in [0, 0.05) is 36.6 Å². The largest absolute Gasteiger partial charge is 0.493 e. The lowest BCUT2D eigenvalue weighted by atomic mass is 9.99. The normalized spacial score (nSPS) is 25.5. The number of carbonyl (C=O) groups is 1. The fraction of sp³-hybridized carbons (Fsp3) is 0.533. The molecule has 20 heavy (non-hydrogen) atoms. The van der Waals surface area contributed by atoms with Gasteiger partial charge in [-0.05, 0) is 23.6 Å². The minimum Gasteiger partial charge on any atom is -0.493 e. The van der Waals surface area contributed by atoms with E-state index < -0.39 is 5.97 Å². The van der Waals surface area contributed by atoms with E-state index in [1.165, 1.54) is 0 Å². The lowest BCUT2D eigenvalue weighted by molar-refractivity contribution is -0.142. The fourth-order valence-electron chi connectivity index (χ4n) is 3.22. The number of ether oxygens (including phenoxy) is 1. The van der Waals surface area contributed by atoms with Crippen LogP contribution in [-0.4, -0.2) is 35.7 Å². The van der Waals surface area contributed by atoms with Gasteiger partial charge in [0.05, 0.1) is 12.5 Å². The number of hydrogen-bond acceptors (Lipinski definition) is 3. The van der Waals surface area contributed by atoms with Crippen LogP contribution in [0.5, 0.6) is 5.75 Å². The zero-order chi connectivity index (χ0) is 14.3. The van der Waals surface area contributed by atoms with E-state index in [1.54, 1.807) is 0 Å². The molecule has 0 aromatic heterocycles. The number of carboxylic acids is 1. The summed E-state index contributed by atoms with van der Waals surface area (Å²) in [5.74, 6) is 0.150. The van der Waals surface area contributed by atoms with Gasteiger partial charge in [0.2, 0.25) is 0 Å². The molecule has 1 N–H and O–H groups in total. The molecule has 5 heteroatoms. The number of rotatable bonds is 3. The van der Waals surface area contributed by atoms with Crippen molar-refractivity contribution in [2.45, 2.75) is 19.9 Å². The molecule has 108 valence electrons. The molecule has 0 radical (unpaired) electrons. The third-order valence-electron chi connectivity index (χ3n) is 4.22. The maximum absolute atomic E-state index is 11.2. The van der Waals surface area contributed by atoms with Crippen molar-refractivity contribution in [1.29, 1.82) is 0 Å². The molecule has 4 nitrogen and oxygen atoms in total. The molecular weight excluding hydrogens is 278 g/mol. The minimum atomic E-state index is -0.701. The third kappa shape index (κ3) is 2.50. The second kappa shape index (κ2) is 5.26. The monoisotopic (exact) mass is 295 g/mol. The van der Waals surface area contributed by atoms with Gasteiger partial charge in [-0.15, -0.1) is 0 Å². The number of benzene rings is 1. The highest BCUT2D eigenvalue weighted by Crippen LogP contribution is 2.35. The van der Waals surface area contributed by atoms with Crippen LogP contribution in [0.1, 0.15) is 18.1 Å². The first-order valence-electron chi connectivity index (χ1n) is 6.94. The van der Waals surface area contributed by atoms with Crippen molar-refractivity contribution in [2.24, 2.45) is 11.8 Å². The van der Waals surface area contributed by atoms with Crippen LogP contribution in [0.4, 0.5) is 0 Å². The summed E-state index contributed by atoms with van der Waals surface area (Å²) in [5, 5.41) is 9.92. The Labute approximate surface area is 123 Å². The number of aliphatic carboxylic acids is 1. The van der Waals surface area contributed by atoms with E-state index in [0.717, 1.165) is 34.9 Å². The van der Waals surface area contributed by atoms with Crippen LogP contribution >= 0.6 is 11.6 Å². The van der Waals surface area contributed by atoms with Crippen molar-refractivity contribution in [1.82, 2.24) is 4.90 Å². The van der Waals surface area contributed by atoms with Crippen molar-refractivity contribution < 1.29 is 14.6 Å². The number of carboxylic acid groups (broad SMARTS) is 1. The number of nitrogens with zero attached hydrogens (tertiary/aromatic N) is 1. The first-order valence-corrected chi connectivity index (χ1v) is 7.31. The van der Waals surface area contributed by atoms with Gasteiger partial charge in [0.15, 0.2) is 0 Å². The number of halogens is 1. The molecule has 1 aromatic rings. The molecule has 0 bridgehead atoms. The van der Waals surface area contributed by atoms with Gasteiger partial charge in [-0.25, -0.2) is 0 Å². The third-order valence-corrected chi connectivity index (χ3v) is 4.44. The maximum atomic E-state index is 11.2. The highest BCUT2D eigenvalue weighted by atomic mass is 35.5. The standard InChI is InChI=1S/C15H18ClNO3/c1-9-6-17(8-13(9)15(18)19)7-11-5-12(16)4-10-2-3-20-14(10)11/h4-5,9,13H,2-3,6-8H2,1H3,(H,18,19)/t9-,13-/m1/s1. The summed E-state index contributed by atoms with van der Waals surface area (Å²) in [6.45, 7) is 4.81. The molecule has 0 amide bonds. The quantitative estimate of drug-likeness (QED) is 0.930. The maximum Gasteiger partial charge on any atom is 0.308 e. The molecule has 2 heterocycles. The molecule has 1 saturated heterocycles. The lowest BCUT2D eigenvalue weighted by Gasteiger charge is -2.17. The second-order valence-electron chi connectivity index (χ2n) is 5.77. The van der Waals surface area contributed by atoms with Crippen molar-refractivity contribution in [2.75, 3.05) is 19.7 Å². The summed E-state index contributed by atoms with van der Waals surface area (Å²) in [5.41, 5.74) is 2.23. The number of likely N-dealkylation sites (tertiary alicyclic amines) is 1. The zero-order valence-electron chi connectivity index (χ0n) is 11.4. The van der Waals surface area contributed by atoms with Gasteiger partial charge >= 0.3 is 5.97 Å². The molecule has 2 aliphatic rings. The van der Waals surface area contributed by atoms with E-state index in [9.17, 15) is 9.90 Å². The van der Waals surface area contributed by atoms with E-state index in [2.05, 4.69) is 4.90 Å². The van der Waals surface area contributed by atoms with Crippen LogP contribution in [-0.2, 0) is 17.8 Å². The van der Waals surface area contributed by atoms with Gasteiger partial charge < -0.3 is 9.84 Å². The molecule has 2 aliphatic heterocycles.